The third kappa shape index (κ3) is 2.27. The first-order chi connectivity index (χ1) is 7.94. The van der Waals surface area contributed by atoms with E-state index in [9.17, 15) is 4.79 Å². The third-order valence-electron chi connectivity index (χ3n) is 5.30. The highest BCUT2D eigenvalue weighted by Crippen LogP contribution is 2.54. The molecule has 4 atom stereocenters. The summed E-state index contributed by atoms with van der Waals surface area (Å²) in [7, 11) is 0. The average Bonchev–Trinajstić information content (AvgIpc) is 2.27. The summed E-state index contributed by atoms with van der Waals surface area (Å²) in [5.74, 6) is 0.0755. The monoisotopic (exact) mass is 236 g/mol. The Morgan fingerprint density at radius 3 is 2.88 bits per heavy atom. The highest BCUT2D eigenvalue weighted by atomic mass is 16.4. The molecule has 0 aromatic heterocycles. The number of aliphatic carboxylic acids is 1. The minimum atomic E-state index is -0.639. The van der Waals surface area contributed by atoms with Gasteiger partial charge in [0.25, 0.3) is 0 Å². The Morgan fingerprint density at radius 2 is 2.24 bits per heavy atom. The van der Waals surface area contributed by atoms with Crippen molar-refractivity contribution < 1.29 is 9.90 Å². The molecule has 0 aliphatic heterocycles. The minimum absolute atomic E-state index is 0.200. The zero-order valence-corrected chi connectivity index (χ0v) is 11.0. The van der Waals surface area contributed by atoms with E-state index in [1.54, 1.807) is 0 Å². The number of hydrogen-bond donors (Lipinski definition) is 1. The molecule has 0 aromatic rings. The number of carboxylic acid groups (broad SMARTS) is 1. The second-order valence-electron chi connectivity index (χ2n) is 6.38. The van der Waals surface area contributed by atoms with Crippen molar-refractivity contribution in [1.82, 2.24) is 0 Å². The van der Waals surface area contributed by atoms with Crippen LogP contribution in [-0.2, 0) is 4.79 Å². The lowest BCUT2D eigenvalue weighted by atomic mass is 9.56. The Kier molecular flexibility index (Phi) is 3.33. The first-order valence-electron chi connectivity index (χ1n) is 6.84. The van der Waals surface area contributed by atoms with Gasteiger partial charge in [-0.25, -0.2) is 0 Å². The van der Waals surface area contributed by atoms with Gasteiger partial charge in [0.05, 0.1) is 5.92 Å². The largest absolute Gasteiger partial charge is 0.481 e. The summed E-state index contributed by atoms with van der Waals surface area (Å²) in [6.45, 7) is 8.48. The molecule has 0 radical (unpaired) electrons. The molecule has 2 aliphatic rings. The van der Waals surface area contributed by atoms with E-state index in [1.807, 2.05) is 6.92 Å². The number of carbonyl (C=O) groups is 1. The average molecular weight is 236 g/mol. The second kappa shape index (κ2) is 4.47. The first kappa shape index (κ1) is 12.7. The number of allylic oxidation sites excluding steroid dienone is 1. The topological polar surface area (TPSA) is 37.3 Å². The Bertz CT molecular complexity index is 334. The zero-order chi connectivity index (χ0) is 12.6. The summed E-state index contributed by atoms with van der Waals surface area (Å²) in [6.07, 6.45) is 7.01. The van der Waals surface area contributed by atoms with Crippen molar-refractivity contribution in [3.8, 4) is 0 Å². The van der Waals surface area contributed by atoms with Crippen LogP contribution in [0, 0.1) is 23.2 Å². The van der Waals surface area contributed by atoms with Crippen molar-refractivity contribution >= 4 is 5.97 Å². The number of rotatable bonds is 2. The maximum Gasteiger partial charge on any atom is 0.306 e. The van der Waals surface area contributed by atoms with Gasteiger partial charge in [0, 0.05) is 0 Å². The number of carboxylic acids is 1. The predicted octanol–water partition coefficient (Wildman–Crippen LogP) is 3.87. The van der Waals surface area contributed by atoms with Gasteiger partial charge in [-0.2, -0.15) is 0 Å². The van der Waals surface area contributed by atoms with Crippen LogP contribution in [0.3, 0.4) is 0 Å². The van der Waals surface area contributed by atoms with Crippen molar-refractivity contribution in [1.29, 1.82) is 0 Å². The van der Waals surface area contributed by atoms with Crippen molar-refractivity contribution in [3.63, 3.8) is 0 Å². The Balaban J connectivity index is 2.11. The van der Waals surface area contributed by atoms with Crippen LogP contribution in [-0.4, -0.2) is 11.1 Å². The highest BCUT2D eigenvalue weighted by Gasteiger charge is 2.44. The molecule has 2 heteroatoms. The summed E-state index contributed by atoms with van der Waals surface area (Å²) in [6, 6.07) is 0. The molecule has 0 unspecified atom stereocenters. The normalized spacial score (nSPS) is 39.5. The summed E-state index contributed by atoms with van der Waals surface area (Å²) in [5, 5.41) is 9.14. The number of hydrogen-bond acceptors (Lipinski definition) is 1. The lowest BCUT2D eigenvalue weighted by molar-refractivity contribution is -0.144. The van der Waals surface area contributed by atoms with Crippen LogP contribution in [0.1, 0.15) is 52.4 Å². The summed E-state index contributed by atoms with van der Waals surface area (Å²) in [5.41, 5.74) is 1.78. The third-order valence-corrected chi connectivity index (χ3v) is 5.30. The quantitative estimate of drug-likeness (QED) is 0.739. The lowest BCUT2D eigenvalue weighted by Gasteiger charge is -2.49. The molecular weight excluding hydrogens is 212 g/mol. The maximum atomic E-state index is 11.1. The Labute approximate surface area is 104 Å². The molecule has 0 heterocycles. The van der Waals surface area contributed by atoms with Crippen molar-refractivity contribution in [2.24, 2.45) is 23.2 Å². The van der Waals surface area contributed by atoms with Crippen LogP contribution in [0.5, 0.6) is 0 Å². The van der Waals surface area contributed by atoms with Crippen molar-refractivity contribution in [3.05, 3.63) is 12.2 Å². The highest BCUT2D eigenvalue weighted by molar-refractivity contribution is 5.69. The Hall–Kier alpha value is -0.790. The summed E-state index contributed by atoms with van der Waals surface area (Å²) >= 11 is 0. The van der Waals surface area contributed by atoms with E-state index in [1.165, 1.54) is 24.8 Å². The Morgan fingerprint density at radius 1 is 1.53 bits per heavy atom. The molecule has 2 aliphatic carbocycles. The maximum absolute atomic E-state index is 11.1. The molecule has 2 rings (SSSR count). The van der Waals surface area contributed by atoms with E-state index in [2.05, 4.69) is 13.5 Å². The molecule has 0 aromatic carbocycles. The molecule has 17 heavy (non-hydrogen) atoms. The van der Waals surface area contributed by atoms with Gasteiger partial charge in [0.1, 0.15) is 0 Å². The molecule has 0 spiro atoms. The smallest absolute Gasteiger partial charge is 0.306 e. The summed E-state index contributed by atoms with van der Waals surface area (Å²) < 4.78 is 0. The van der Waals surface area contributed by atoms with Gasteiger partial charge in [0.15, 0.2) is 0 Å². The van der Waals surface area contributed by atoms with Gasteiger partial charge < -0.3 is 5.11 Å². The lowest BCUT2D eigenvalue weighted by Crippen LogP contribution is -2.40. The van der Waals surface area contributed by atoms with Crippen LogP contribution < -0.4 is 0 Å². The molecule has 0 bridgehead atoms. The fourth-order valence-corrected chi connectivity index (χ4v) is 3.90. The predicted molar refractivity (Wildman–Crippen MR) is 68.7 cm³/mol. The van der Waals surface area contributed by atoms with Gasteiger partial charge in [0.2, 0.25) is 0 Å². The molecule has 0 amide bonds. The fourth-order valence-electron chi connectivity index (χ4n) is 3.90. The molecule has 0 saturated heterocycles. The van der Waals surface area contributed by atoms with Crippen molar-refractivity contribution in [2.75, 3.05) is 0 Å². The van der Waals surface area contributed by atoms with E-state index in [0.29, 0.717) is 17.3 Å². The fraction of sp³-hybridized carbons (Fsp3) is 0.800. The molecule has 2 saturated carbocycles. The van der Waals surface area contributed by atoms with E-state index >= 15 is 0 Å². The van der Waals surface area contributed by atoms with Gasteiger partial charge in [-0.15, -0.1) is 0 Å². The second-order valence-corrected chi connectivity index (χ2v) is 6.38. The van der Waals surface area contributed by atoms with Gasteiger partial charge >= 0.3 is 5.97 Å². The molecule has 96 valence electrons. The minimum Gasteiger partial charge on any atom is -0.481 e. The van der Waals surface area contributed by atoms with E-state index in [4.69, 9.17) is 5.11 Å². The first-order valence-corrected chi connectivity index (χ1v) is 6.84. The van der Waals surface area contributed by atoms with Gasteiger partial charge in [-0.3, -0.25) is 4.79 Å². The van der Waals surface area contributed by atoms with Crippen molar-refractivity contribution in [2.45, 2.75) is 52.4 Å². The van der Waals surface area contributed by atoms with E-state index < -0.39 is 5.97 Å². The van der Waals surface area contributed by atoms with Crippen LogP contribution >= 0.6 is 0 Å². The van der Waals surface area contributed by atoms with E-state index in [-0.39, 0.29) is 5.92 Å². The molecule has 2 fully saturated rings. The van der Waals surface area contributed by atoms with E-state index in [0.717, 1.165) is 19.3 Å². The molecule has 2 nitrogen and oxygen atoms in total. The molecule has 1 N–H and O–H groups in total. The zero-order valence-electron chi connectivity index (χ0n) is 11.0. The summed E-state index contributed by atoms with van der Waals surface area (Å²) in [4.78, 5) is 11.1. The molecular formula is C15H24O2. The van der Waals surface area contributed by atoms with Crippen LogP contribution in [0.25, 0.3) is 0 Å². The number of fused-ring (bicyclic) bond motifs is 1. The van der Waals surface area contributed by atoms with Crippen LogP contribution in [0.15, 0.2) is 12.2 Å². The SMILES string of the molecule is C=C1CCC[C@]2(C)CC[C@@H]([C@H](C)C(=O)O)C[C@@H]12. The standard InChI is InChI=1S/C15H24O2/c1-10-5-4-7-15(3)8-6-12(9-13(10)15)11(2)14(16)17/h11-13H,1,4-9H2,2-3H3,(H,16,17)/t11-,12+,13-,15+/m0/s1. The van der Waals surface area contributed by atoms with Gasteiger partial charge in [-0.1, -0.05) is 26.0 Å². The van der Waals surface area contributed by atoms with Gasteiger partial charge in [-0.05, 0) is 55.8 Å². The van der Waals surface area contributed by atoms with Crippen LogP contribution in [0.2, 0.25) is 0 Å². The van der Waals surface area contributed by atoms with Crippen LogP contribution in [0.4, 0.5) is 0 Å².